The maximum absolute atomic E-state index is 12.7. The van der Waals surface area contributed by atoms with E-state index in [1.807, 2.05) is 0 Å². The normalized spacial score (nSPS) is 26.9. The van der Waals surface area contributed by atoms with Crippen LogP contribution >= 0.6 is 0 Å². The summed E-state index contributed by atoms with van der Waals surface area (Å²) in [6.45, 7) is 1.27. The second-order valence-electron chi connectivity index (χ2n) is 7.37. The van der Waals surface area contributed by atoms with E-state index in [9.17, 15) is 18.0 Å². The molecule has 9 heteroatoms. The number of nitrogens with one attached hydrogen (secondary N) is 2. The number of ether oxygens (including phenoxy) is 1. The zero-order valence-corrected chi connectivity index (χ0v) is 16.2. The van der Waals surface area contributed by atoms with E-state index in [-0.39, 0.29) is 41.3 Å². The maximum Gasteiger partial charge on any atom is 0.269 e. The molecule has 2 amide bonds. The van der Waals surface area contributed by atoms with Gasteiger partial charge in [0.15, 0.2) is 0 Å². The number of amides is 2. The average molecular weight is 405 g/mol. The van der Waals surface area contributed by atoms with E-state index >= 15 is 0 Å². The molecule has 28 heavy (non-hydrogen) atoms. The topological polar surface area (TPSA) is 105 Å². The Morgan fingerprint density at radius 3 is 2.54 bits per heavy atom. The molecule has 1 saturated heterocycles. The molecule has 0 radical (unpaired) electrons. The van der Waals surface area contributed by atoms with Crippen LogP contribution in [0.5, 0.6) is 0 Å². The lowest BCUT2D eigenvalue weighted by Crippen LogP contribution is -2.45. The van der Waals surface area contributed by atoms with E-state index in [2.05, 4.69) is 23.0 Å². The van der Waals surface area contributed by atoms with Gasteiger partial charge in [-0.2, -0.15) is 4.31 Å². The van der Waals surface area contributed by atoms with Crippen LogP contribution in [0.1, 0.15) is 23.2 Å². The fourth-order valence-corrected chi connectivity index (χ4v) is 5.55. The highest BCUT2D eigenvalue weighted by atomic mass is 32.2. The number of carbonyl (C=O) groups is 2. The molecule has 0 unspecified atom stereocenters. The first-order valence-corrected chi connectivity index (χ1v) is 10.9. The number of hydrazine groups is 1. The van der Waals surface area contributed by atoms with Crippen LogP contribution in [0.4, 0.5) is 0 Å². The SMILES string of the molecule is O=C(NNC(=O)[C@H]1C[C@@H]2C=C[C@H]1C2)c1cccc(S(=O)(=O)N2CCOCC2)c1. The van der Waals surface area contributed by atoms with Gasteiger partial charge in [-0.3, -0.25) is 20.4 Å². The lowest BCUT2D eigenvalue weighted by atomic mass is 9.93. The number of fused-ring (bicyclic) bond motifs is 2. The summed E-state index contributed by atoms with van der Waals surface area (Å²) in [4.78, 5) is 24.8. The lowest BCUT2D eigenvalue weighted by molar-refractivity contribution is -0.126. The number of morpholine rings is 1. The highest BCUT2D eigenvalue weighted by Gasteiger charge is 2.39. The molecule has 4 rings (SSSR count). The lowest BCUT2D eigenvalue weighted by Gasteiger charge is -2.26. The summed E-state index contributed by atoms with van der Waals surface area (Å²) >= 11 is 0. The van der Waals surface area contributed by atoms with Crippen molar-refractivity contribution in [3.63, 3.8) is 0 Å². The third-order valence-corrected chi connectivity index (χ3v) is 7.51. The Morgan fingerprint density at radius 2 is 1.86 bits per heavy atom. The van der Waals surface area contributed by atoms with Crippen molar-refractivity contribution in [1.29, 1.82) is 0 Å². The molecule has 2 fully saturated rings. The number of carbonyl (C=O) groups excluding carboxylic acids is 2. The summed E-state index contributed by atoms with van der Waals surface area (Å²) in [5, 5.41) is 0. The first-order valence-electron chi connectivity index (χ1n) is 9.41. The Hall–Kier alpha value is -2.23. The van der Waals surface area contributed by atoms with Crippen molar-refractivity contribution < 1.29 is 22.7 Å². The van der Waals surface area contributed by atoms with E-state index in [0.29, 0.717) is 19.1 Å². The molecule has 1 heterocycles. The summed E-state index contributed by atoms with van der Waals surface area (Å²) in [6, 6.07) is 5.82. The Morgan fingerprint density at radius 1 is 1.07 bits per heavy atom. The van der Waals surface area contributed by atoms with Crippen molar-refractivity contribution in [2.45, 2.75) is 17.7 Å². The smallest absolute Gasteiger partial charge is 0.269 e. The van der Waals surface area contributed by atoms with Gasteiger partial charge in [0, 0.05) is 24.6 Å². The molecule has 1 aromatic carbocycles. The molecule has 2 N–H and O–H groups in total. The highest BCUT2D eigenvalue weighted by molar-refractivity contribution is 7.89. The van der Waals surface area contributed by atoms with Gasteiger partial charge in [0.1, 0.15) is 0 Å². The van der Waals surface area contributed by atoms with Gasteiger partial charge in [0.2, 0.25) is 15.9 Å². The average Bonchev–Trinajstić information content (AvgIpc) is 3.36. The van der Waals surface area contributed by atoms with Crippen molar-refractivity contribution in [1.82, 2.24) is 15.2 Å². The van der Waals surface area contributed by atoms with Crippen LogP contribution in [0.3, 0.4) is 0 Å². The molecule has 1 aliphatic heterocycles. The quantitative estimate of drug-likeness (QED) is 0.566. The first-order chi connectivity index (χ1) is 13.4. The molecule has 8 nitrogen and oxygen atoms in total. The number of hydrogen-bond donors (Lipinski definition) is 2. The van der Waals surface area contributed by atoms with Crippen LogP contribution in [0.2, 0.25) is 0 Å². The standard InChI is InChI=1S/C19H23N3O5S/c23-18(20-21-19(24)17-11-13-4-5-14(17)10-13)15-2-1-3-16(12-15)28(25,26)22-6-8-27-9-7-22/h1-5,12-14,17H,6-11H2,(H,20,23)(H,21,24)/t13-,14+,17+/m1/s1. The zero-order valence-electron chi connectivity index (χ0n) is 15.3. The molecule has 3 aliphatic rings. The number of nitrogens with zero attached hydrogens (tertiary/aromatic N) is 1. The predicted molar refractivity (Wildman–Crippen MR) is 100 cm³/mol. The molecule has 2 bridgehead atoms. The zero-order chi connectivity index (χ0) is 19.7. The summed E-state index contributed by atoms with van der Waals surface area (Å²) in [6.07, 6.45) is 6.01. The molecule has 150 valence electrons. The maximum atomic E-state index is 12.7. The van der Waals surface area contributed by atoms with E-state index in [1.165, 1.54) is 28.6 Å². The number of rotatable bonds is 4. The minimum Gasteiger partial charge on any atom is -0.379 e. The van der Waals surface area contributed by atoms with Gasteiger partial charge < -0.3 is 4.74 Å². The second-order valence-corrected chi connectivity index (χ2v) is 9.31. The first kappa shape index (κ1) is 19.1. The van der Waals surface area contributed by atoms with Gasteiger partial charge in [-0.1, -0.05) is 18.2 Å². The van der Waals surface area contributed by atoms with Crippen molar-refractivity contribution in [3.8, 4) is 0 Å². The molecule has 0 aromatic heterocycles. The van der Waals surface area contributed by atoms with Gasteiger partial charge in [-0.25, -0.2) is 8.42 Å². The van der Waals surface area contributed by atoms with Crippen LogP contribution in [-0.4, -0.2) is 50.8 Å². The fraction of sp³-hybridized carbons (Fsp3) is 0.474. The van der Waals surface area contributed by atoms with E-state index in [1.54, 1.807) is 0 Å². The van der Waals surface area contributed by atoms with Crippen molar-refractivity contribution in [2.75, 3.05) is 26.3 Å². The molecular formula is C19H23N3O5S. The van der Waals surface area contributed by atoms with E-state index < -0.39 is 15.9 Å². The van der Waals surface area contributed by atoms with Gasteiger partial charge in [-0.05, 0) is 42.9 Å². The summed E-state index contributed by atoms with van der Waals surface area (Å²) in [5.74, 6) is -0.181. The van der Waals surface area contributed by atoms with E-state index in [4.69, 9.17) is 4.74 Å². The van der Waals surface area contributed by atoms with Gasteiger partial charge in [0.05, 0.1) is 18.1 Å². The number of hydrogen-bond acceptors (Lipinski definition) is 5. The third-order valence-electron chi connectivity index (χ3n) is 5.62. The number of benzene rings is 1. The number of allylic oxidation sites excluding steroid dienone is 2. The van der Waals surface area contributed by atoms with Gasteiger partial charge >= 0.3 is 0 Å². The van der Waals surface area contributed by atoms with Crippen LogP contribution in [0.25, 0.3) is 0 Å². The van der Waals surface area contributed by atoms with Crippen molar-refractivity contribution >= 4 is 21.8 Å². The Labute approximate surface area is 163 Å². The highest BCUT2D eigenvalue weighted by Crippen LogP contribution is 2.43. The van der Waals surface area contributed by atoms with Crippen molar-refractivity contribution in [3.05, 3.63) is 42.0 Å². The minimum absolute atomic E-state index is 0.0478. The Kier molecular flexibility index (Phi) is 5.22. The Bertz CT molecular complexity index is 908. The second kappa shape index (κ2) is 7.65. The summed E-state index contributed by atoms with van der Waals surface area (Å²) < 4.78 is 32.0. The van der Waals surface area contributed by atoms with Crippen LogP contribution in [0.15, 0.2) is 41.3 Å². The third kappa shape index (κ3) is 3.69. The van der Waals surface area contributed by atoms with Gasteiger partial charge in [-0.15, -0.1) is 0 Å². The van der Waals surface area contributed by atoms with Crippen molar-refractivity contribution in [2.24, 2.45) is 17.8 Å². The van der Waals surface area contributed by atoms with Crippen LogP contribution < -0.4 is 10.9 Å². The summed E-state index contributed by atoms with van der Waals surface area (Å²) in [7, 11) is -3.69. The van der Waals surface area contributed by atoms with Crippen LogP contribution in [-0.2, 0) is 19.6 Å². The molecule has 1 aromatic rings. The van der Waals surface area contributed by atoms with E-state index in [0.717, 1.165) is 12.8 Å². The van der Waals surface area contributed by atoms with Gasteiger partial charge in [0.25, 0.3) is 5.91 Å². The summed E-state index contributed by atoms with van der Waals surface area (Å²) in [5.41, 5.74) is 5.05. The van der Waals surface area contributed by atoms with Crippen LogP contribution in [0, 0.1) is 17.8 Å². The molecule has 2 aliphatic carbocycles. The molecule has 0 spiro atoms. The monoisotopic (exact) mass is 405 g/mol. The predicted octanol–water partition coefficient (Wildman–Crippen LogP) is 0.681. The fourth-order valence-electron chi connectivity index (χ4n) is 4.10. The number of sulfonamides is 1. The minimum atomic E-state index is -3.69. The Balaban J connectivity index is 1.40. The molecule has 3 atom stereocenters. The largest absolute Gasteiger partial charge is 0.379 e. The molecule has 1 saturated carbocycles. The molecular weight excluding hydrogens is 382 g/mol.